The third kappa shape index (κ3) is 6.79. The van der Waals surface area contributed by atoms with Gasteiger partial charge in [0.15, 0.2) is 0 Å². The van der Waals surface area contributed by atoms with Crippen LogP contribution in [0.25, 0.3) is 0 Å². The van der Waals surface area contributed by atoms with Gasteiger partial charge in [-0.05, 0) is 64.3 Å². The molecule has 3 N–H and O–H groups in total. The summed E-state index contributed by atoms with van der Waals surface area (Å²) in [6.45, 7) is 10.5. The Balaban J connectivity index is 1.91. The molecular weight excluding hydrogens is 393 g/mol. The van der Waals surface area contributed by atoms with Crippen LogP contribution in [0.3, 0.4) is 0 Å². The molecule has 1 aromatic carbocycles. The summed E-state index contributed by atoms with van der Waals surface area (Å²) in [4.78, 5) is 13.5. The first-order chi connectivity index (χ1) is 14.9. The number of aliphatic hydroxyl groups is 1. The summed E-state index contributed by atoms with van der Waals surface area (Å²) in [5, 5.41) is 17.2. The molecule has 0 heterocycles. The SMILES string of the molecule is CCNc1cccc(C(O)CNC(C)CCC2C=CC(F)=C(N(CC)CC)C2=C=O)c1. The summed E-state index contributed by atoms with van der Waals surface area (Å²) in [5.41, 5.74) is 2.64. The van der Waals surface area contributed by atoms with Crippen LogP contribution in [0.1, 0.15) is 52.2 Å². The molecule has 2 rings (SSSR count). The first-order valence-corrected chi connectivity index (χ1v) is 11.3. The number of hydrogen-bond acceptors (Lipinski definition) is 5. The topological polar surface area (TPSA) is 64.6 Å². The van der Waals surface area contributed by atoms with Crippen molar-refractivity contribution in [1.29, 1.82) is 0 Å². The number of allylic oxidation sites excluding steroid dienone is 4. The molecule has 0 saturated heterocycles. The van der Waals surface area contributed by atoms with Crippen LogP contribution >= 0.6 is 0 Å². The molecule has 0 bridgehead atoms. The maximum absolute atomic E-state index is 14.4. The zero-order chi connectivity index (χ0) is 22.8. The molecule has 3 atom stereocenters. The molecule has 1 aromatic rings. The van der Waals surface area contributed by atoms with Crippen LogP contribution in [0, 0.1) is 5.92 Å². The van der Waals surface area contributed by atoms with Crippen LogP contribution in [0.2, 0.25) is 0 Å². The van der Waals surface area contributed by atoms with Gasteiger partial charge in [0.1, 0.15) is 11.8 Å². The molecule has 5 nitrogen and oxygen atoms in total. The van der Waals surface area contributed by atoms with E-state index in [9.17, 15) is 14.3 Å². The van der Waals surface area contributed by atoms with E-state index in [1.54, 1.807) is 6.08 Å². The lowest BCUT2D eigenvalue weighted by molar-refractivity contribution is 0.169. The first kappa shape index (κ1) is 24.9. The maximum atomic E-state index is 14.4. The fourth-order valence-corrected chi connectivity index (χ4v) is 3.93. The fraction of sp³-hybridized carbons (Fsp3) is 0.520. The lowest BCUT2D eigenvalue weighted by Crippen LogP contribution is -2.32. The number of aliphatic hydroxyl groups excluding tert-OH is 1. The molecule has 0 fully saturated rings. The number of halogens is 1. The molecule has 0 aromatic heterocycles. The number of anilines is 1. The van der Waals surface area contributed by atoms with E-state index in [0.29, 0.717) is 37.3 Å². The predicted molar refractivity (Wildman–Crippen MR) is 125 cm³/mol. The van der Waals surface area contributed by atoms with Crippen molar-refractivity contribution < 1.29 is 14.3 Å². The van der Waals surface area contributed by atoms with Gasteiger partial charge in [0.05, 0.1) is 17.4 Å². The third-order valence-corrected chi connectivity index (χ3v) is 5.74. The van der Waals surface area contributed by atoms with Gasteiger partial charge in [0.2, 0.25) is 0 Å². The largest absolute Gasteiger partial charge is 0.387 e. The summed E-state index contributed by atoms with van der Waals surface area (Å²) in [5.74, 6) is 1.48. The quantitative estimate of drug-likeness (QED) is 0.431. The Kier molecular flexibility index (Phi) is 9.99. The molecule has 0 spiro atoms. The van der Waals surface area contributed by atoms with E-state index in [2.05, 4.69) is 17.6 Å². The number of nitrogens with zero attached hydrogens (tertiary/aromatic N) is 1. The lowest BCUT2D eigenvalue weighted by Gasteiger charge is -2.30. The highest BCUT2D eigenvalue weighted by Gasteiger charge is 2.27. The molecule has 1 aliphatic rings. The maximum Gasteiger partial charge on any atom is 0.147 e. The van der Waals surface area contributed by atoms with Crippen LogP contribution in [0.5, 0.6) is 0 Å². The lowest BCUT2D eigenvalue weighted by atomic mass is 9.87. The van der Waals surface area contributed by atoms with Gasteiger partial charge >= 0.3 is 0 Å². The number of nitrogens with one attached hydrogen (secondary N) is 2. The van der Waals surface area contributed by atoms with E-state index in [0.717, 1.165) is 24.2 Å². The van der Waals surface area contributed by atoms with Crippen molar-refractivity contribution in [3.05, 3.63) is 59.1 Å². The van der Waals surface area contributed by atoms with E-state index >= 15 is 0 Å². The minimum atomic E-state index is -0.604. The molecule has 3 unspecified atom stereocenters. The summed E-state index contributed by atoms with van der Waals surface area (Å²) < 4.78 is 14.4. The summed E-state index contributed by atoms with van der Waals surface area (Å²) in [6.07, 6.45) is 4.12. The third-order valence-electron chi connectivity index (χ3n) is 5.74. The van der Waals surface area contributed by atoms with Crippen molar-refractivity contribution in [1.82, 2.24) is 10.2 Å². The smallest absolute Gasteiger partial charge is 0.147 e. The van der Waals surface area contributed by atoms with E-state index in [1.807, 2.05) is 55.9 Å². The van der Waals surface area contributed by atoms with Gasteiger partial charge in [-0.25, -0.2) is 9.18 Å². The van der Waals surface area contributed by atoms with Crippen LogP contribution in [0.15, 0.2) is 53.5 Å². The van der Waals surface area contributed by atoms with Crippen LogP contribution in [-0.4, -0.2) is 48.2 Å². The Bertz CT molecular complexity index is 826. The van der Waals surface area contributed by atoms with Crippen molar-refractivity contribution in [2.45, 2.75) is 52.7 Å². The van der Waals surface area contributed by atoms with Crippen LogP contribution in [-0.2, 0) is 4.79 Å². The molecule has 0 aliphatic heterocycles. The summed E-state index contributed by atoms with van der Waals surface area (Å²) in [6, 6.07) is 7.93. The monoisotopic (exact) mass is 429 g/mol. The molecule has 6 heteroatoms. The second kappa shape index (κ2) is 12.5. The van der Waals surface area contributed by atoms with E-state index in [1.165, 1.54) is 6.08 Å². The molecular formula is C25H36FN3O2. The molecule has 31 heavy (non-hydrogen) atoms. The van der Waals surface area contributed by atoms with Crippen molar-refractivity contribution in [2.24, 2.45) is 5.92 Å². The molecule has 0 amide bonds. The van der Waals surface area contributed by atoms with Gasteiger partial charge < -0.3 is 20.6 Å². The van der Waals surface area contributed by atoms with Crippen LogP contribution in [0.4, 0.5) is 10.1 Å². The molecule has 0 saturated carbocycles. The van der Waals surface area contributed by atoms with Gasteiger partial charge in [-0.2, -0.15) is 0 Å². The highest BCUT2D eigenvalue weighted by atomic mass is 19.1. The van der Waals surface area contributed by atoms with Gasteiger partial charge in [-0.1, -0.05) is 18.2 Å². The average Bonchev–Trinajstić information content (AvgIpc) is 2.78. The average molecular weight is 430 g/mol. The highest BCUT2D eigenvalue weighted by Crippen LogP contribution is 2.33. The normalized spacial score (nSPS) is 18.0. The number of rotatable bonds is 12. The van der Waals surface area contributed by atoms with Crippen molar-refractivity contribution in [3.63, 3.8) is 0 Å². The Morgan fingerprint density at radius 2 is 2.00 bits per heavy atom. The molecule has 170 valence electrons. The minimum Gasteiger partial charge on any atom is -0.387 e. The van der Waals surface area contributed by atoms with Gasteiger partial charge in [0.25, 0.3) is 0 Å². The highest BCUT2D eigenvalue weighted by molar-refractivity contribution is 5.65. The minimum absolute atomic E-state index is 0.139. The Hall–Kier alpha value is -2.40. The van der Waals surface area contributed by atoms with Gasteiger partial charge in [-0.15, -0.1) is 0 Å². The second-order valence-corrected chi connectivity index (χ2v) is 7.91. The van der Waals surface area contributed by atoms with E-state index < -0.39 is 6.10 Å². The van der Waals surface area contributed by atoms with Crippen molar-refractivity contribution in [2.75, 3.05) is 31.5 Å². The van der Waals surface area contributed by atoms with Crippen LogP contribution < -0.4 is 10.6 Å². The Morgan fingerprint density at radius 3 is 2.65 bits per heavy atom. The summed E-state index contributed by atoms with van der Waals surface area (Å²) >= 11 is 0. The number of carbonyl (C=O) groups excluding carboxylic acids is 1. The van der Waals surface area contributed by atoms with Crippen molar-refractivity contribution >= 4 is 11.6 Å². The first-order valence-electron chi connectivity index (χ1n) is 11.3. The Labute approximate surface area is 185 Å². The standard InChI is InChI=1S/C25H36FN3O2/c1-5-27-21-10-8-9-20(15-21)24(31)16-28-18(4)11-12-19-13-14-23(26)25(22(19)17-30)29(6-2)7-3/h8-10,13-15,18-19,24,27-28,31H,5-7,11-12,16H2,1-4H3. The second-order valence-electron chi connectivity index (χ2n) is 7.91. The molecule has 0 radical (unpaired) electrons. The van der Waals surface area contributed by atoms with E-state index in [4.69, 9.17) is 0 Å². The van der Waals surface area contributed by atoms with E-state index in [-0.39, 0.29) is 17.8 Å². The number of hydrogen-bond donors (Lipinski definition) is 3. The number of benzene rings is 1. The summed E-state index contributed by atoms with van der Waals surface area (Å²) in [7, 11) is 0. The zero-order valence-electron chi connectivity index (χ0n) is 19.1. The molecule has 1 aliphatic carbocycles. The Morgan fingerprint density at radius 1 is 1.26 bits per heavy atom. The van der Waals surface area contributed by atoms with Gasteiger partial charge in [-0.3, -0.25) is 0 Å². The number of likely N-dealkylation sites (N-methyl/N-ethyl adjacent to an activating group) is 1. The van der Waals surface area contributed by atoms with Crippen molar-refractivity contribution in [3.8, 4) is 0 Å². The predicted octanol–water partition coefficient (Wildman–Crippen LogP) is 4.38. The zero-order valence-corrected chi connectivity index (χ0v) is 19.1. The fourth-order valence-electron chi connectivity index (χ4n) is 3.93. The van der Waals surface area contributed by atoms with Gasteiger partial charge in [0, 0.05) is 43.8 Å².